The molecule has 2 aliphatic heterocycles. The van der Waals surface area contributed by atoms with E-state index in [0.717, 1.165) is 38.1 Å². The van der Waals surface area contributed by atoms with Crippen molar-refractivity contribution in [3.05, 3.63) is 46.7 Å². The molecule has 1 N–H and O–H groups in total. The predicted octanol–water partition coefficient (Wildman–Crippen LogP) is 2.72. The third-order valence-corrected chi connectivity index (χ3v) is 5.36. The molecule has 3 aliphatic rings. The standard InChI is InChI=1S/C18H21NO3/c1-21-14-3-6-18-13(10-14)5-8-19(18)7-4-12-9-16(20)17(22-2)11-15(12)18/h5,9-11,20H,3-4,6-8H2,1-2H3/t18-/m0/s1. The molecule has 2 heterocycles. The minimum Gasteiger partial charge on any atom is -0.504 e. The molecule has 0 saturated heterocycles. The minimum atomic E-state index is -0.0728. The summed E-state index contributed by atoms with van der Waals surface area (Å²) in [5.74, 6) is 1.85. The first-order valence-electron chi connectivity index (χ1n) is 7.79. The average molecular weight is 299 g/mol. The van der Waals surface area contributed by atoms with Gasteiger partial charge in [0.15, 0.2) is 11.5 Å². The topological polar surface area (TPSA) is 41.9 Å². The second-order valence-corrected chi connectivity index (χ2v) is 6.21. The zero-order valence-electron chi connectivity index (χ0n) is 13.1. The molecule has 22 heavy (non-hydrogen) atoms. The van der Waals surface area contributed by atoms with Crippen LogP contribution in [-0.4, -0.2) is 37.3 Å². The van der Waals surface area contributed by atoms with Crippen molar-refractivity contribution in [2.45, 2.75) is 24.8 Å². The van der Waals surface area contributed by atoms with E-state index in [0.29, 0.717) is 5.75 Å². The van der Waals surface area contributed by atoms with Gasteiger partial charge in [0, 0.05) is 19.5 Å². The van der Waals surface area contributed by atoms with Gasteiger partial charge in [-0.25, -0.2) is 0 Å². The van der Waals surface area contributed by atoms with Crippen LogP contribution in [0.2, 0.25) is 0 Å². The fourth-order valence-electron chi connectivity index (χ4n) is 4.27. The minimum absolute atomic E-state index is 0.0728. The van der Waals surface area contributed by atoms with Crippen LogP contribution in [-0.2, 0) is 16.7 Å². The monoisotopic (exact) mass is 299 g/mol. The Morgan fingerprint density at radius 3 is 2.82 bits per heavy atom. The molecule has 4 nitrogen and oxygen atoms in total. The van der Waals surface area contributed by atoms with Crippen LogP contribution in [0.4, 0.5) is 0 Å². The molecule has 1 spiro atoms. The van der Waals surface area contributed by atoms with E-state index < -0.39 is 0 Å². The van der Waals surface area contributed by atoms with Gasteiger partial charge in [0.05, 0.1) is 25.5 Å². The number of aromatic hydroxyl groups is 1. The Morgan fingerprint density at radius 1 is 1.18 bits per heavy atom. The number of benzene rings is 1. The molecule has 1 atom stereocenters. The molecule has 1 aliphatic carbocycles. The second kappa shape index (κ2) is 4.78. The molecule has 0 saturated carbocycles. The van der Waals surface area contributed by atoms with Crippen LogP contribution < -0.4 is 4.74 Å². The highest BCUT2D eigenvalue weighted by Gasteiger charge is 2.49. The summed E-state index contributed by atoms with van der Waals surface area (Å²) in [7, 11) is 3.35. The van der Waals surface area contributed by atoms with Crippen molar-refractivity contribution in [3.8, 4) is 11.5 Å². The number of ether oxygens (including phenoxy) is 2. The van der Waals surface area contributed by atoms with Gasteiger partial charge in [-0.3, -0.25) is 4.90 Å². The molecule has 4 heteroatoms. The van der Waals surface area contributed by atoms with Crippen LogP contribution >= 0.6 is 0 Å². The fraction of sp³-hybridized carbons (Fsp3) is 0.444. The lowest BCUT2D eigenvalue weighted by molar-refractivity contribution is 0.119. The SMILES string of the molecule is COC1=CC2=CCN3CCc4cc(O)c(OC)cc4[C@]23CC1. The van der Waals surface area contributed by atoms with E-state index in [1.807, 2.05) is 12.1 Å². The Hall–Kier alpha value is -1.94. The van der Waals surface area contributed by atoms with Crippen molar-refractivity contribution >= 4 is 0 Å². The molecular weight excluding hydrogens is 278 g/mol. The highest BCUT2D eigenvalue weighted by atomic mass is 16.5. The van der Waals surface area contributed by atoms with Crippen LogP contribution in [0.5, 0.6) is 11.5 Å². The molecule has 1 aromatic rings. The van der Waals surface area contributed by atoms with Crippen LogP contribution in [0.1, 0.15) is 24.0 Å². The average Bonchev–Trinajstić information content (AvgIpc) is 2.92. The first-order valence-corrected chi connectivity index (χ1v) is 7.79. The maximum atomic E-state index is 10.1. The Balaban J connectivity index is 1.90. The number of hydrogen-bond donors (Lipinski definition) is 1. The maximum Gasteiger partial charge on any atom is 0.160 e. The van der Waals surface area contributed by atoms with Gasteiger partial charge in [-0.05, 0) is 47.8 Å². The van der Waals surface area contributed by atoms with Crippen LogP contribution in [0, 0.1) is 0 Å². The highest BCUT2D eigenvalue weighted by Crippen LogP contribution is 2.52. The van der Waals surface area contributed by atoms with Gasteiger partial charge < -0.3 is 14.6 Å². The van der Waals surface area contributed by atoms with Crippen molar-refractivity contribution in [3.63, 3.8) is 0 Å². The molecule has 0 unspecified atom stereocenters. The number of rotatable bonds is 2. The van der Waals surface area contributed by atoms with Crippen molar-refractivity contribution in [1.29, 1.82) is 0 Å². The number of hydrogen-bond acceptors (Lipinski definition) is 4. The lowest BCUT2D eigenvalue weighted by atomic mass is 9.71. The van der Waals surface area contributed by atoms with Gasteiger partial charge in [-0.15, -0.1) is 0 Å². The molecule has 0 bridgehead atoms. The van der Waals surface area contributed by atoms with Gasteiger partial charge in [0.1, 0.15) is 0 Å². The summed E-state index contributed by atoms with van der Waals surface area (Å²) in [5.41, 5.74) is 3.76. The number of phenols is 1. The summed E-state index contributed by atoms with van der Waals surface area (Å²) in [6, 6.07) is 3.91. The Kier molecular flexibility index (Phi) is 2.98. The van der Waals surface area contributed by atoms with Crippen molar-refractivity contribution in [1.82, 2.24) is 4.90 Å². The van der Waals surface area contributed by atoms with E-state index >= 15 is 0 Å². The quantitative estimate of drug-likeness (QED) is 0.912. The first-order chi connectivity index (χ1) is 10.7. The van der Waals surface area contributed by atoms with E-state index in [2.05, 4.69) is 17.1 Å². The van der Waals surface area contributed by atoms with Gasteiger partial charge in [0.25, 0.3) is 0 Å². The summed E-state index contributed by atoms with van der Waals surface area (Å²) in [4.78, 5) is 2.55. The summed E-state index contributed by atoms with van der Waals surface area (Å²) in [6.45, 7) is 2.00. The maximum absolute atomic E-state index is 10.1. The first kappa shape index (κ1) is 13.7. The molecule has 0 radical (unpaired) electrons. The van der Waals surface area contributed by atoms with Crippen molar-refractivity contribution in [2.24, 2.45) is 0 Å². The van der Waals surface area contributed by atoms with Gasteiger partial charge >= 0.3 is 0 Å². The second-order valence-electron chi connectivity index (χ2n) is 6.21. The molecule has 1 aromatic carbocycles. The molecular formula is C18H21NO3. The lowest BCUT2D eigenvalue weighted by Crippen LogP contribution is -2.49. The number of allylic oxidation sites excluding steroid dienone is 1. The van der Waals surface area contributed by atoms with E-state index in [9.17, 15) is 5.11 Å². The molecule has 0 aromatic heterocycles. The van der Waals surface area contributed by atoms with E-state index in [1.54, 1.807) is 14.2 Å². The summed E-state index contributed by atoms with van der Waals surface area (Å²) in [5, 5.41) is 10.1. The van der Waals surface area contributed by atoms with Crippen LogP contribution in [0.15, 0.2) is 35.6 Å². The smallest absolute Gasteiger partial charge is 0.160 e. The third kappa shape index (κ3) is 1.67. The molecule has 0 fully saturated rings. The highest BCUT2D eigenvalue weighted by molar-refractivity contribution is 5.57. The number of phenolic OH excluding ortho intramolecular Hbond substituents is 1. The summed E-state index contributed by atoms with van der Waals surface area (Å²) >= 11 is 0. The van der Waals surface area contributed by atoms with Crippen molar-refractivity contribution in [2.75, 3.05) is 27.3 Å². The van der Waals surface area contributed by atoms with Crippen LogP contribution in [0.25, 0.3) is 0 Å². The Morgan fingerprint density at radius 2 is 2.05 bits per heavy atom. The van der Waals surface area contributed by atoms with Crippen LogP contribution in [0.3, 0.4) is 0 Å². The van der Waals surface area contributed by atoms with E-state index in [4.69, 9.17) is 9.47 Å². The van der Waals surface area contributed by atoms with Crippen molar-refractivity contribution < 1.29 is 14.6 Å². The largest absolute Gasteiger partial charge is 0.504 e. The third-order valence-electron chi connectivity index (χ3n) is 5.36. The van der Waals surface area contributed by atoms with Gasteiger partial charge in [-0.1, -0.05) is 6.08 Å². The van der Waals surface area contributed by atoms with Gasteiger partial charge in [0.2, 0.25) is 0 Å². The Bertz CT molecular complexity index is 692. The number of nitrogens with zero attached hydrogens (tertiary/aromatic N) is 1. The summed E-state index contributed by atoms with van der Waals surface area (Å²) in [6.07, 6.45) is 7.42. The fourth-order valence-corrected chi connectivity index (χ4v) is 4.27. The zero-order valence-corrected chi connectivity index (χ0v) is 13.1. The normalized spacial score (nSPS) is 26.5. The number of fused-ring (bicyclic) bond motifs is 1. The number of methoxy groups -OCH3 is 2. The predicted molar refractivity (Wildman–Crippen MR) is 84.0 cm³/mol. The summed E-state index contributed by atoms with van der Waals surface area (Å²) < 4.78 is 10.8. The molecule has 116 valence electrons. The molecule has 4 rings (SSSR count). The van der Waals surface area contributed by atoms with E-state index in [-0.39, 0.29) is 11.3 Å². The lowest BCUT2D eigenvalue weighted by Gasteiger charge is -2.47. The zero-order chi connectivity index (χ0) is 15.3. The van der Waals surface area contributed by atoms with Gasteiger partial charge in [-0.2, -0.15) is 0 Å². The van der Waals surface area contributed by atoms with E-state index in [1.165, 1.54) is 16.7 Å². The Labute approximate surface area is 130 Å². The molecule has 0 amide bonds.